The first-order valence-corrected chi connectivity index (χ1v) is 9.85. The van der Waals surface area contributed by atoms with E-state index in [2.05, 4.69) is 33.6 Å². The average molecular weight is 464 g/mol. The standard InChI is InChI=1S/C16H29N7O7S/c17-8(3-4-12(25)26)13(27)21-6-11(24)22-9(2-1-5-20-16(18)19)14(28)23-10(7-31)15(29)30/h8-10,31H,1-7,17H2,(H,21,27)(H,22,24)(H,23,28)(H,25,26)(H,29,30)(H4,18,19,20). The molecule has 14 nitrogen and oxygen atoms in total. The molecule has 0 bridgehead atoms. The topological polar surface area (TPSA) is 252 Å². The van der Waals surface area contributed by atoms with E-state index in [1.807, 2.05) is 0 Å². The second kappa shape index (κ2) is 14.8. The molecule has 0 aromatic rings. The third-order valence-electron chi connectivity index (χ3n) is 3.82. The Labute approximate surface area is 183 Å². The fourth-order valence-corrected chi connectivity index (χ4v) is 2.43. The van der Waals surface area contributed by atoms with Crippen LogP contribution in [0.2, 0.25) is 0 Å². The average Bonchev–Trinajstić information content (AvgIpc) is 2.69. The summed E-state index contributed by atoms with van der Waals surface area (Å²) in [5, 5.41) is 24.5. The number of nitrogens with zero attached hydrogens (tertiary/aromatic N) is 1. The van der Waals surface area contributed by atoms with Gasteiger partial charge in [0.1, 0.15) is 12.1 Å². The third-order valence-corrected chi connectivity index (χ3v) is 4.19. The maximum absolute atomic E-state index is 12.4. The minimum atomic E-state index is -1.29. The first-order chi connectivity index (χ1) is 14.5. The Morgan fingerprint density at radius 1 is 0.968 bits per heavy atom. The molecule has 0 aliphatic heterocycles. The minimum absolute atomic E-state index is 0.0827. The molecule has 31 heavy (non-hydrogen) atoms. The number of aliphatic carboxylic acids is 2. The van der Waals surface area contributed by atoms with Crippen molar-refractivity contribution < 1.29 is 34.2 Å². The number of hydrogen-bond acceptors (Lipinski definition) is 8. The van der Waals surface area contributed by atoms with Gasteiger partial charge in [0.15, 0.2) is 5.96 Å². The third kappa shape index (κ3) is 13.0. The molecule has 0 rings (SSSR count). The zero-order valence-electron chi connectivity index (χ0n) is 16.7. The molecule has 0 aromatic heterocycles. The number of thiol groups is 1. The van der Waals surface area contributed by atoms with Crippen LogP contribution in [0.3, 0.4) is 0 Å². The van der Waals surface area contributed by atoms with E-state index >= 15 is 0 Å². The molecular weight excluding hydrogens is 434 g/mol. The monoisotopic (exact) mass is 463 g/mol. The van der Waals surface area contributed by atoms with Gasteiger partial charge in [-0.25, -0.2) is 4.79 Å². The fourth-order valence-electron chi connectivity index (χ4n) is 2.18. The van der Waals surface area contributed by atoms with E-state index in [4.69, 9.17) is 27.4 Å². The maximum atomic E-state index is 12.4. The van der Waals surface area contributed by atoms with E-state index in [0.717, 1.165) is 0 Å². The van der Waals surface area contributed by atoms with E-state index in [-0.39, 0.29) is 37.5 Å². The van der Waals surface area contributed by atoms with E-state index in [0.29, 0.717) is 6.42 Å². The molecule has 0 aliphatic carbocycles. The van der Waals surface area contributed by atoms with E-state index < -0.39 is 54.3 Å². The molecule has 15 heteroatoms. The van der Waals surface area contributed by atoms with Gasteiger partial charge in [-0.05, 0) is 19.3 Å². The Balaban J connectivity index is 4.87. The highest BCUT2D eigenvalue weighted by Crippen LogP contribution is 2.01. The lowest BCUT2D eigenvalue weighted by Crippen LogP contribution is -2.54. The van der Waals surface area contributed by atoms with Crippen molar-refractivity contribution >= 4 is 48.2 Å². The number of carboxylic acid groups (broad SMARTS) is 2. The normalized spacial score (nSPS) is 13.2. The quantitative estimate of drug-likeness (QED) is 0.0497. The van der Waals surface area contributed by atoms with Crippen LogP contribution in [0.5, 0.6) is 0 Å². The van der Waals surface area contributed by atoms with Crippen LogP contribution in [0.4, 0.5) is 0 Å². The maximum Gasteiger partial charge on any atom is 0.327 e. The number of carbonyl (C=O) groups is 5. The summed E-state index contributed by atoms with van der Waals surface area (Å²) in [6.45, 7) is -0.349. The number of amides is 3. The lowest BCUT2D eigenvalue weighted by molar-refractivity contribution is -0.141. The highest BCUT2D eigenvalue weighted by molar-refractivity contribution is 7.80. The molecule has 11 N–H and O–H groups in total. The van der Waals surface area contributed by atoms with E-state index in [1.165, 1.54) is 0 Å². The summed E-state index contributed by atoms with van der Waals surface area (Å²) in [6, 6.07) is -3.50. The molecule has 0 aromatic carbocycles. The van der Waals surface area contributed by atoms with Gasteiger partial charge in [-0.3, -0.25) is 24.2 Å². The van der Waals surface area contributed by atoms with Gasteiger partial charge < -0.3 is 43.4 Å². The van der Waals surface area contributed by atoms with Gasteiger partial charge in [0, 0.05) is 18.7 Å². The van der Waals surface area contributed by atoms with E-state index in [9.17, 15) is 24.0 Å². The Bertz CT molecular complexity index is 685. The van der Waals surface area contributed by atoms with Gasteiger partial charge in [-0.1, -0.05) is 0 Å². The summed E-state index contributed by atoms with van der Waals surface area (Å²) in [7, 11) is 0. The molecule has 0 saturated carbocycles. The van der Waals surface area contributed by atoms with Crippen molar-refractivity contribution in [3.05, 3.63) is 0 Å². The fraction of sp³-hybridized carbons (Fsp3) is 0.625. The van der Waals surface area contributed by atoms with Gasteiger partial charge >= 0.3 is 11.9 Å². The van der Waals surface area contributed by atoms with Crippen LogP contribution < -0.4 is 33.2 Å². The number of guanidine groups is 1. The number of nitrogens with two attached hydrogens (primary N) is 3. The zero-order chi connectivity index (χ0) is 24.0. The first kappa shape index (κ1) is 27.9. The highest BCUT2D eigenvalue weighted by atomic mass is 32.1. The molecule has 3 atom stereocenters. The molecule has 0 radical (unpaired) electrons. The minimum Gasteiger partial charge on any atom is -0.481 e. The van der Waals surface area contributed by atoms with Crippen molar-refractivity contribution in [3.8, 4) is 0 Å². The Morgan fingerprint density at radius 3 is 2.13 bits per heavy atom. The highest BCUT2D eigenvalue weighted by Gasteiger charge is 2.26. The largest absolute Gasteiger partial charge is 0.481 e. The van der Waals surface area contributed by atoms with Crippen molar-refractivity contribution in [2.45, 2.75) is 43.8 Å². The summed E-state index contributed by atoms with van der Waals surface area (Å²) in [5.41, 5.74) is 16.0. The van der Waals surface area contributed by atoms with Gasteiger partial charge in [0.25, 0.3) is 0 Å². The van der Waals surface area contributed by atoms with Crippen molar-refractivity contribution in [3.63, 3.8) is 0 Å². The van der Waals surface area contributed by atoms with E-state index in [1.54, 1.807) is 0 Å². The second-order valence-corrected chi connectivity index (χ2v) is 6.77. The number of aliphatic imine (C=N–C) groups is 1. The first-order valence-electron chi connectivity index (χ1n) is 9.21. The molecule has 0 heterocycles. The predicted octanol–water partition coefficient (Wildman–Crippen LogP) is -3.67. The van der Waals surface area contributed by atoms with Crippen LogP contribution in [0.25, 0.3) is 0 Å². The SMILES string of the molecule is NC(N)=NCCCC(NC(=O)CNC(=O)C(N)CCC(=O)O)C(=O)NC(CS)C(=O)O. The molecule has 3 unspecified atom stereocenters. The number of rotatable bonds is 15. The summed E-state index contributed by atoms with van der Waals surface area (Å²) >= 11 is 3.86. The Morgan fingerprint density at radius 2 is 1.61 bits per heavy atom. The van der Waals surface area contributed by atoms with Crippen molar-refractivity contribution in [2.24, 2.45) is 22.2 Å². The number of nitrogens with one attached hydrogen (secondary N) is 3. The second-order valence-electron chi connectivity index (χ2n) is 6.41. The van der Waals surface area contributed by atoms with Gasteiger partial charge in [0.2, 0.25) is 17.7 Å². The lowest BCUT2D eigenvalue weighted by atomic mass is 10.1. The van der Waals surface area contributed by atoms with Crippen LogP contribution in [-0.4, -0.2) is 82.8 Å². The molecule has 0 fully saturated rings. The Hall–Kier alpha value is -3.07. The molecule has 176 valence electrons. The van der Waals surface area contributed by atoms with Crippen LogP contribution in [0, 0.1) is 0 Å². The zero-order valence-corrected chi connectivity index (χ0v) is 17.6. The smallest absolute Gasteiger partial charge is 0.327 e. The van der Waals surface area contributed by atoms with Crippen LogP contribution in [-0.2, 0) is 24.0 Å². The van der Waals surface area contributed by atoms with Gasteiger partial charge in [-0.15, -0.1) is 0 Å². The van der Waals surface area contributed by atoms with Crippen LogP contribution >= 0.6 is 12.6 Å². The molecule has 0 aliphatic rings. The lowest BCUT2D eigenvalue weighted by Gasteiger charge is -2.21. The van der Waals surface area contributed by atoms with Crippen molar-refractivity contribution in [1.82, 2.24) is 16.0 Å². The van der Waals surface area contributed by atoms with Crippen LogP contribution in [0.1, 0.15) is 25.7 Å². The molecule has 0 spiro atoms. The van der Waals surface area contributed by atoms with Crippen LogP contribution in [0.15, 0.2) is 4.99 Å². The number of hydrogen-bond donors (Lipinski definition) is 9. The van der Waals surface area contributed by atoms with Gasteiger partial charge in [0.05, 0.1) is 12.6 Å². The molecule has 0 saturated heterocycles. The number of carboxylic acids is 2. The van der Waals surface area contributed by atoms with Crippen molar-refractivity contribution in [1.29, 1.82) is 0 Å². The predicted molar refractivity (Wildman–Crippen MR) is 113 cm³/mol. The summed E-state index contributed by atoms with van der Waals surface area (Å²) in [6.07, 6.45) is -0.0474. The number of carbonyl (C=O) groups excluding carboxylic acids is 3. The molecular formula is C16H29N7O7S. The molecule has 3 amide bonds. The summed E-state index contributed by atoms with van der Waals surface area (Å²) in [4.78, 5) is 61.7. The van der Waals surface area contributed by atoms with Crippen molar-refractivity contribution in [2.75, 3.05) is 18.8 Å². The summed E-state index contributed by atoms with van der Waals surface area (Å²) in [5.74, 6) is -4.95. The Kier molecular flexibility index (Phi) is 13.4. The summed E-state index contributed by atoms with van der Waals surface area (Å²) < 4.78 is 0. The van der Waals surface area contributed by atoms with Gasteiger partial charge in [-0.2, -0.15) is 12.6 Å².